The predicted octanol–water partition coefficient (Wildman–Crippen LogP) is 2.18. The van der Waals surface area contributed by atoms with Gasteiger partial charge in [-0.2, -0.15) is 5.10 Å². The summed E-state index contributed by atoms with van der Waals surface area (Å²) < 4.78 is 26.5. The van der Waals surface area contributed by atoms with Crippen LogP contribution in [0.15, 0.2) is 35.4 Å². The van der Waals surface area contributed by atoms with Crippen LogP contribution in [0.3, 0.4) is 0 Å². The van der Waals surface area contributed by atoms with E-state index in [1.54, 1.807) is 25.7 Å². The van der Waals surface area contributed by atoms with Crippen LogP contribution in [0.5, 0.6) is 0 Å². The number of hydrogen-bond donors (Lipinski definition) is 3. The first-order chi connectivity index (χ1) is 13.2. The smallest absolute Gasteiger partial charge is 0.323 e. The largest absolute Gasteiger partial charge is 0.324 e. The Morgan fingerprint density at radius 1 is 1.21 bits per heavy atom. The molecule has 0 spiro atoms. The lowest BCUT2D eigenvalue weighted by Crippen LogP contribution is -2.52. The molecule has 1 aromatic rings. The summed E-state index contributed by atoms with van der Waals surface area (Å²) in [6.07, 6.45) is 1.18. The van der Waals surface area contributed by atoms with Gasteiger partial charge in [0.2, 0.25) is 10.0 Å². The fourth-order valence-electron chi connectivity index (χ4n) is 2.88. The number of sulfonamides is 1. The molecular formula is C18H27N5O3S2. The van der Waals surface area contributed by atoms with Crippen molar-refractivity contribution in [1.82, 2.24) is 20.4 Å². The molecule has 0 radical (unpaired) electrons. The van der Waals surface area contributed by atoms with Crippen LogP contribution in [0.25, 0.3) is 0 Å². The Hall–Kier alpha value is -1.78. The number of amidine groups is 1. The maximum Gasteiger partial charge on any atom is 0.323 e. The molecule has 0 aromatic heterocycles. The second kappa shape index (κ2) is 8.30. The Balaban J connectivity index is 1.46. The summed E-state index contributed by atoms with van der Waals surface area (Å²) in [5, 5.41) is 7.55. The molecule has 3 N–H and O–H groups in total. The number of piperidine rings is 1. The summed E-state index contributed by atoms with van der Waals surface area (Å²) in [6, 6.07) is 9.55. The summed E-state index contributed by atoms with van der Waals surface area (Å²) in [7, 11) is -3.39. The SMILES string of the molecule is CC(C)(C)S(=O)(=O)NC1CCN(C(=O)NC2=NNC(c3ccccc3)S2)CC1. The van der Waals surface area contributed by atoms with Gasteiger partial charge in [-0.3, -0.25) is 10.7 Å². The molecule has 3 rings (SSSR count). The molecule has 2 aliphatic rings. The normalized spacial score (nSPS) is 21.2. The molecule has 0 aliphatic carbocycles. The quantitative estimate of drug-likeness (QED) is 0.689. The number of rotatable bonds is 3. The molecule has 1 aromatic carbocycles. The maximum atomic E-state index is 12.5. The van der Waals surface area contributed by atoms with Gasteiger partial charge in [-0.15, -0.1) is 0 Å². The number of amides is 2. The van der Waals surface area contributed by atoms with E-state index in [2.05, 4.69) is 20.6 Å². The topological polar surface area (TPSA) is 103 Å². The van der Waals surface area contributed by atoms with Gasteiger partial charge in [0, 0.05) is 19.1 Å². The summed E-state index contributed by atoms with van der Waals surface area (Å²) in [6.45, 7) is 6.02. The van der Waals surface area contributed by atoms with Crippen molar-refractivity contribution in [2.24, 2.45) is 5.10 Å². The molecular weight excluding hydrogens is 398 g/mol. The number of likely N-dealkylation sites (tertiary alicyclic amines) is 1. The third kappa shape index (κ3) is 4.98. The second-order valence-corrected chi connectivity index (χ2v) is 11.4. The Kier molecular flexibility index (Phi) is 6.21. The molecule has 10 heteroatoms. The molecule has 2 aliphatic heterocycles. The zero-order valence-electron chi connectivity index (χ0n) is 16.3. The van der Waals surface area contributed by atoms with Crippen LogP contribution in [0, 0.1) is 0 Å². The molecule has 1 atom stereocenters. The standard InChI is InChI=1S/C18H27N5O3S2/c1-18(2,3)28(25,26)22-14-9-11-23(12-10-14)17(24)19-16-21-20-15(27-16)13-7-5-4-6-8-13/h4-8,14-15,20,22H,9-12H2,1-3H3,(H,19,21,24). The molecule has 0 bridgehead atoms. The second-order valence-electron chi connectivity index (χ2n) is 7.88. The van der Waals surface area contributed by atoms with Gasteiger partial charge in [0.15, 0.2) is 5.17 Å². The van der Waals surface area contributed by atoms with Crippen LogP contribution in [0.4, 0.5) is 4.79 Å². The fourth-order valence-corrected chi connectivity index (χ4v) is 4.78. The minimum atomic E-state index is -3.39. The molecule has 0 saturated carbocycles. The van der Waals surface area contributed by atoms with E-state index in [0.29, 0.717) is 31.1 Å². The Morgan fingerprint density at radius 3 is 2.46 bits per heavy atom. The third-order valence-corrected chi connectivity index (χ3v) is 8.03. The van der Waals surface area contributed by atoms with Gasteiger partial charge >= 0.3 is 6.03 Å². The van der Waals surface area contributed by atoms with Crippen LogP contribution < -0.4 is 15.5 Å². The summed E-state index contributed by atoms with van der Waals surface area (Å²) in [5.74, 6) is 0. The summed E-state index contributed by atoms with van der Waals surface area (Å²) in [4.78, 5) is 14.2. The lowest BCUT2D eigenvalue weighted by Gasteiger charge is -2.33. The average molecular weight is 426 g/mol. The van der Waals surface area contributed by atoms with Crippen molar-refractivity contribution in [1.29, 1.82) is 0 Å². The van der Waals surface area contributed by atoms with Gasteiger partial charge in [-0.25, -0.2) is 17.9 Å². The number of benzene rings is 1. The first kappa shape index (κ1) is 20.9. The maximum absolute atomic E-state index is 12.5. The van der Waals surface area contributed by atoms with E-state index in [-0.39, 0.29) is 17.4 Å². The van der Waals surface area contributed by atoms with Gasteiger partial charge in [0.05, 0.1) is 4.75 Å². The highest BCUT2D eigenvalue weighted by molar-refractivity contribution is 8.14. The molecule has 8 nitrogen and oxygen atoms in total. The van der Waals surface area contributed by atoms with Crippen molar-refractivity contribution in [2.45, 2.75) is 49.8 Å². The van der Waals surface area contributed by atoms with Crippen molar-refractivity contribution < 1.29 is 13.2 Å². The number of nitrogens with zero attached hydrogens (tertiary/aromatic N) is 2. The Morgan fingerprint density at radius 2 is 1.86 bits per heavy atom. The minimum absolute atomic E-state index is 0.0194. The summed E-state index contributed by atoms with van der Waals surface area (Å²) >= 11 is 1.46. The lowest BCUT2D eigenvalue weighted by molar-refractivity contribution is 0.185. The van der Waals surface area contributed by atoms with Gasteiger partial charge in [0.25, 0.3) is 0 Å². The monoisotopic (exact) mass is 425 g/mol. The van der Waals surface area contributed by atoms with Gasteiger partial charge < -0.3 is 4.90 Å². The molecule has 1 fully saturated rings. The van der Waals surface area contributed by atoms with Gasteiger partial charge in [-0.05, 0) is 39.2 Å². The summed E-state index contributed by atoms with van der Waals surface area (Å²) in [5.41, 5.74) is 4.11. The number of carbonyl (C=O) groups excluding carboxylic acids is 1. The van der Waals surface area contributed by atoms with Crippen LogP contribution in [-0.4, -0.2) is 48.4 Å². The zero-order chi connectivity index (χ0) is 20.4. The third-order valence-electron chi connectivity index (χ3n) is 4.74. The number of hydrogen-bond acceptors (Lipinski definition) is 6. The number of thioether (sulfide) groups is 1. The first-order valence-electron chi connectivity index (χ1n) is 9.28. The fraction of sp³-hybridized carbons (Fsp3) is 0.556. The average Bonchev–Trinajstić information content (AvgIpc) is 3.10. The van der Waals surface area contributed by atoms with Crippen molar-refractivity contribution in [3.63, 3.8) is 0 Å². The van der Waals surface area contributed by atoms with Gasteiger partial charge in [0.1, 0.15) is 5.37 Å². The van der Waals surface area contributed by atoms with E-state index in [0.717, 1.165) is 5.56 Å². The minimum Gasteiger partial charge on any atom is -0.324 e. The van der Waals surface area contributed by atoms with Crippen molar-refractivity contribution in [2.75, 3.05) is 13.1 Å². The predicted molar refractivity (Wildman–Crippen MR) is 112 cm³/mol. The molecule has 28 heavy (non-hydrogen) atoms. The van der Waals surface area contributed by atoms with Crippen LogP contribution in [0.2, 0.25) is 0 Å². The zero-order valence-corrected chi connectivity index (χ0v) is 17.9. The molecule has 1 unspecified atom stereocenters. The van der Waals surface area contributed by atoms with Crippen molar-refractivity contribution >= 4 is 33.0 Å². The van der Waals surface area contributed by atoms with E-state index in [4.69, 9.17) is 0 Å². The highest BCUT2D eigenvalue weighted by atomic mass is 32.2. The number of urea groups is 1. The Labute approximate surface area is 170 Å². The molecule has 2 amide bonds. The van der Waals surface area contributed by atoms with Crippen molar-refractivity contribution in [3.8, 4) is 0 Å². The van der Waals surface area contributed by atoms with Crippen LogP contribution in [-0.2, 0) is 10.0 Å². The Bertz CT molecular complexity index is 829. The van der Waals surface area contributed by atoms with E-state index in [1.165, 1.54) is 11.8 Å². The van der Waals surface area contributed by atoms with Crippen LogP contribution >= 0.6 is 11.8 Å². The molecule has 1 saturated heterocycles. The number of carbonyl (C=O) groups is 1. The van der Waals surface area contributed by atoms with E-state index in [1.807, 2.05) is 30.3 Å². The van der Waals surface area contributed by atoms with E-state index < -0.39 is 14.8 Å². The van der Waals surface area contributed by atoms with E-state index in [9.17, 15) is 13.2 Å². The van der Waals surface area contributed by atoms with Crippen LogP contribution in [0.1, 0.15) is 44.6 Å². The first-order valence-corrected chi connectivity index (χ1v) is 11.6. The van der Waals surface area contributed by atoms with E-state index >= 15 is 0 Å². The number of hydrazone groups is 1. The molecule has 154 valence electrons. The van der Waals surface area contributed by atoms with Crippen molar-refractivity contribution in [3.05, 3.63) is 35.9 Å². The number of nitrogens with one attached hydrogen (secondary N) is 3. The highest BCUT2D eigenvalue weighted by Crippen LogP contribution is 2.30. The molecule has 2 heterocycles. The van der Waals surface area contributed by atoms with Gasteiger partial charge in [-0.1, -0.05) is 42.1 Å². The highest BCUT2D eigenvalue weighted by Gasteiger charge is 2.33. The lowest BCUT2D eigenvalue weighted by atomic mass is 10.1.